The van der Waals surface area contributed by atoms with E-state index in [9.17, 15) is 4.79 Å². The van der Waals surface area contributed by atoms with Crippen molar-refractivity contribution >= 4 is 38.4 Å². The lowest BCUT2D eigenvalue weighted by atomic mass is 10.1. The van der Waals surface area contributed by atoms with Crippen LogP contribution in [0.15, 0.2) is 34.9 Å². The van der Waals surface area contributed by atoms with Crippen LogP contribution in [0, 0.1) is 0 Å². The second-order valence-electron chi connectivity index (χ2n) is 4.68. The molecule has 0 aliphatic rings. The van der Waals surface area contributed by atoms with Crippen LogP contribution in [-0.2, 0) is 9.53 Å². The number of halogens is 1. The van der Waals surface area contributed by atoms with Gasteiger partial charge in [0.1, 0.15) is 6.04 Å². The highest BCUT2D eigenvalue weighted by Gasteiger charge is 2.13. The van der Waals surface area contributed by atoms with Crippen molar-refractivity contribution in [1.29, 1.82) is 0 Å². The summed E-state index contributed by atoms with van der Waals surface area (Å²) < 4.78 is 5.84. The SMILES string of the molecule is COCCNC(=O)C(C)Nc1cccc2cc(Br)cnc12. The number of ether oxygens (including phenoxy) is 1. The van der Waals surface area contributed by atoms with Crippen LogP contribution in [-0.4, -0.2) is 37.2 Å². The van der Waals surface area contributed by atoms with Crippen molar-refractivity contribution in [2.24, 2.45) is 0 Å². The summed E-state index contributed by atoms with van der Waals surface area (Å²) in [6.45, 7) is 2.82. The second-order valence-corrected chi connectivity index (χ2v) is 5.60. The predicted octanol–water partition coefficient (Wildman–Crippen LogP) is 2.56. The van der Waals surface area contributed by atoms with Gasteiger partial charge in [-0.05, 0) is 35.0 Å². The van der Waals surface area contributed by atoms with Crippen molar-refractivity contribution in [2.45, 2.75) is 13.0 Å². The summed E-state index contributed by atoms with van der Waals surface area (Å²) >= 11 is 3.41. The van der Waals surface area contributed by atoms with Gasteiger partial charge >= 0.3 is 0 Å². The number of carbonyl (C=O) groups is 1. The van der Waals surface area contributed by atoms with Crippen molar-refractivity contribution < 1.29 is 9.53 Å². The van der Waals surface area contributed by atoms with Gasteiger partial charge in [-0.15, -0.1) is 0 Å². The molecule has 0 bridgehead atoms. The zero-order valence-electron chi connectivity index (χ0n) is 12.0. The molecule has 1 aromatic heterocycles. The molecule has 0 spiro atoms. The average molecular weight is 352 g/mol. The molecule has 2 rings (SSSR count). The number of anilines is 1. The maximum atomic E-state index is 12.0. The molecule has 1 aromatic carbocycles. The Bertz CT molecular complexity index is 633. The van der Waals surface area contributed by atoms with E-state index in [0.717, 1.165) is 21.1 Å². The molecule has 2 N–H and O–H groups in total. The Morgan fingerprint density at radius 2 is 2.29 bits per heavy atom. The van der Waals surface area contributed by atoms with Gasteiger partial charge in [0, 0.05) is 29.7 Å². The Labute approximate surface area is 132 Å². The molecule has 0 radical (unpaired) electrons. The van der Waals surface area contributed by atoms with E-state index in [1.165, 1.54) is 0 Å². The van der Waals surface area contributed by atoms with Gasteiger partial charge in [0.15, 0.2) is 0 Å². The third-order valence-electron chi connectivity index (χ3n) is 3.05. The maximum absolute atomic E-state index is 12.0. The summed E-state index contributed by atoms with van der Waals surface area (Å²) in [6, 6.07) is 7.49. The number of pyridine rings is 1. The quantitative estimate of drug-likeness (QED) is 0.785. The number of hydrogen-bond acceptors (Lipinski definition) is 4. The van der Waals surface area contributed by atoms with E-state index >= 15 is 0 Å². The first kappa shape index (κ1) is 15.7. The summed E-state index contributed by atoms with van der Waals surface area (Å²) in [5.74, 6) is -0.0684. The van der Waals surface area contributed by atoms with E-state index in [2.05, 4.69) is 31.5 Å². The molecule has 2 aromatic rings. The molecule has 1 heterocycles. The third kappa shape index (κ3) is 4.15. The van der Waals surface area contributed by atoms with Crippen molar-refractivity contribution in [1.82, 2.24) is 10.3 Å². The van der Waals surface area contributed by atoms with Crippen LogP contribution in [0.5, 0.6) is 0 Å². The van der Waals surface area contributed by atoms with Crippen LogP contribution in [0.4, 0.5) is 5.69 Å². The Balaban J connectivity index is 2.10. The molecule has 112 valence electrons. The van der Waals surface area contributed by atoms with E-state index < -0.39 is 0 Å². The van der Waals surface area contributed by atoms with Crippen LogP contribution in [0.2, 0.25) is 0 Å². The molecule has 0 saturated heterocycles. The molecule has 1 unspecified atom stereocenters. The maximum Gasteiger partial charge on any atom is 0.242 e. The number of fused-ring (bicyclic) bond motifs is 1. The molecule has 1 amide bonds. The average Bonchev–Trinajstić information content (AvgIpc) is 2.47. The fourth-order valence-electron chi connectivity index (χ4n) is 1.98. The number of nitrogens with one attached hydrogen (secondary N) is 2. The predicted molar refractivity (Wildman–Crippen MR) is 87.4 cm³/mol. The van der Waals surface area contributed by atoms with Gasteiger partial charge in [0.25, 0.3) is 0 Å². The van der Waals surface area contributed by atoms with E-state index in [-0.39, 0.29) is 11.9 Å². The van der Waals surface area contributed by atoms with E-state index in [4.69, 9.17) is 4.74 Å². The number of methoxy groups -OCH3 is 1. The summed E-state index contributed by atoms with van der Waals surface area (Å²) in [7, 11) is 1.60. The summed E-state index contributed by atoms with van der Waals surface area (Å²) in [5, 5.41) is 7.02. The van der Waals surface area contributed by atoms with Gasteiger partial charge in [-0.3, -0.25) is 9.78 Å². The number of carbonyl (C=O) groups excluding carboxylic acids is 1. The molecule has 0 aliphatic heterocycles. The minimum Gasteiger partial charge on any atom is -0.383 e. The van der Waals surface area contributed by atoms with Gasteiger partial charge in [0.2, 0.25) is 5.91 Å². The standard InChI is InChI=1S/C15H18BrN3O2/c1-10(15(20)17-6-7-21-2)19-13-5-3-4-11-8-12(16)9-18-14(11)13/h3-5,8-10,19H,6-7H2,1-2H3,(H,17,20). The zero-order chi connectivity index (χ0) is 15.2. The number of benzene rings is 1. The largest absolute Gasteiger partial charge is 0.383 e. The number of rotatable bonds is 6. The molecule has 0 saturated carbocycles. The van der Waals surface area contributed by atoms with Crippen molar-refractivity contribution in [3.8, 4) is 0 Å². The lowest BCUT2D eigenvalue weighted by Gasteiger charge is -2.16. The summed E-state index contributed by atoms with van der Waals surface area (Å²) in [5.41, 5.74) is 1.69. The number of amides is 1. The van der Waals surface area contributed by atoms with Crippen LogP contribution >= 0.6 is 15.9 Å². The Morgan fingerprint density at radius 1 is 1.48 bits per heavy atom. The zero-order valence-corrected chi connectivity index (χ0v) is 13.6. The fourth-order valence-corrected chi connectivity index (χ4v) is 2.33. The Morgan fingerprint density at radius 3 is 3.05 bits per heavy atom. The topological polar surface area (TPSA) is 63.2 Å². The van der Waals surface area contributed by atoms with Crippen LogP contribution < -0.4 is 10.6 Å². The molecule has 5 nitrogen and oxygen atoms in total. The lowest BCUT2D eigenvalue weighted by molar-refractivity contribution is -0.121. The molecular weight excluding hydrogens is 334 g/mol. The third-order valence-corrected chi connectivity index (χ3v) is 3.48. The Hall–Kier alpha value is -1.66. The number of aromatic nitrogens is 1. The monoisotopic (exact) mass is 351 g/mol. The number of nitrogens with zero attached hydrogens (tertiary/aromatic N) is 1. The smallest absolute Gasteiger partial charge is 0.242 e. The van der Waals surface area contributed by atoms with Crippen molar-refractivity contribution in [3.05, 3.63) is 34.9 Å². The van der Waals surface area contributed by atoms with Gasteiger partial charge in [-0.25, -0.2) is 0 Å². The first-order valence-electron chi connectivity index (χ1n) is 6.69. The van der Waals surface area contributed by atoms with Gasteiger partial charge in [0.05, 0.1) is 17.8 Å². The number of hydrogen-bond donors (Lipinski definition) is 2. The fraction of sp³-hybridized carbons (Fsp3) is 0.333. The van der Waals surface area contributed by atoms with E-state index in [1.807, 2.05) is 31.2 Å². The van der Waals surface area contributed by atoms with Gasteiger partial charge < -0.3 is 15.4 Å². The highest BCUT2D eigenvalue weighted by atomic mass is 79.9. The van der Waals surface area contributed by atoms with Crippen molar-refractivity contribution in [2.75, 3.05) is 25.6 Å². The van der Waals surface area contributed by atoms with Crippen LogP contribution in [0.25, 0.3) is 10.9 Å². The molecule has 0 fully saturated rings. The highest BCUT2D eigenvalue weighted by molar-refractivity contribution is 9.10. The molecule has 0 aliphatic carbocycles. The summed E-state index contributed by atoms with van der Waals surface area (Å²) in [4.78, 5) is 16.4. The Kier molecular flexibility index (Phi) is 5.52. The van der Waals surface area contributed by atoms with Crippen LogP contribution in [0.3, 0.4) is 0 Å². The van der Waals surface area contributed by atoms with E-state index in [0.29, 0.717) is 13.2 Å². The molecule has 6 heteroatoms. The molecule has 21 heavy (non-hydrogen) atoms. The van der Waals surface area contributed by atoms with Crippen LogP contribution in [0.1, 0.15) is 6.92 Å². The van der Waals surface area contributed by atoms with Crippen molar-refractivity contribution in [3.63, 3.8) is 0 Å². The highest BCUT2D eigenvalue weighted by Crippen LogP contribution is 2.24. The minimum atomic E-state index is -0.349. The lowest BCUT2D eigenvalue weighted by Crippen LogP contribution is -2.39. The van der Waals surface area contributed by atoms with Gasteiger partial charge in [-0.2, -0.15) is 0 Å². The summed E-state index contributed by atoms with van der Waals surface area (Å²) in [6.07, 6.45) is 1.75. The first-order chi connectivity index (χ1) is 10.1. The molecular formula is C15H18BrN3O2. The first-order valence-corrected chi connectivity index (χ1v) is 7.48. The number of para-hydroxylation sites is 1. The normalized spacial score (nSPS) is 12.1. The molecule has 1 atom stereocenters. The van der Waals surface area contributed by atoms with E-state index in [1.54, 1.807) is 13.3 Å². The minimum absolute atomic E-state index is 0.0684. The second kappa shape index (κ2) is 7.38. The van der Waals surface area contributed by atoms with Gasteiger partial charge in [-0.1, -0.05) is 12.1 Å².